The molecule has 1 fully saturated rings. The Kier molecular flexibility index (Phi) is 1.71. The second kappa shape index (κ2) is 2.35. The number of hydrogen-bond acceptors (Lipinski definition) is 2. The zero-order valence-electron chi connectivity index (χ0n) is 5.76. The van der Waals surface area contributed by atoms with Gasteiger partial charge in [-0.15, -0.1) is 0 Å². The Balaban J connectivity index is 2.19. The van der Waals surface area contributed by atoms with E-state index in [2.05, 4.69) is 0 Å². The molecule has 3 nitrogen and oxygen atoms in total. The molecule has 0 aromatic carbocycles. The highest BCUT2D eigenvalue weighted by Gasteiger charge is 2.27. The van der Waals surface area contributed by atoms with Gasteiger partial charge in [0.15, 0.2) is 0 Å². The minimum absolute atomic E-state index is 0.142. The summed E-state index contributed by atoms with van der Waals surface area (Å²) in [6.45, 7) is 3.11. The third kappa shape index (κ3) is 1.21. The number of likely N-dealkylation sites (tertiary alicyclic amines) is 1. The first-order chi connectivity index (χ1) is 4.24. The van der Waals surface area contributed by atoms with Crippen LogP contribution in [0.1, 0.15) is 6.92 Å². The van der Waals surface area contributed by atoms with E-state index in [1.807, 2.05) is 0 Å². The Hall–Kier alpha value is -0.570. The van der Waals surface area contributed by atoms with Crippen molar-refractivity contribution in [1.82, 2.24) is 4.90 Å². The molecular weight excluding hydrogens is 118 g/mol. The molecule has 0 atom stereocenters. The fourth-order valence-electron chi connectivity index (χ4n) is 0.844. The molecule has 1 amide bonds. The topological polar surface area (TPSA) is 29.5 Å². The lowest BCUT2D eigenvalue weighted by molar-refractivity contribution is -0.140. The maximum absolute atomic E-state index is 10.6. The highest BCUT2D eigenvalue weighted by atomic mass is 16.5. The minimum atomic E-state index is 0.142. The highest BCUT2D eigenvalue weighted by Crippen LogP contribution is 2.09. The maximum Gasteiger partial charge on any atom is 0.219 e. The van der Waals surface area contributed by atoms with E-state index in [9.17, 15) is 4.79 Å². The van der Waals surface area contributed by atoms with Crippen molar-refractivity contribution >= 4 is 5.91 Å². The van der Waals surface area contributed by atoms with Crippen molar-refractivity contribution in [3.05, 3.63) is 0 Å². The molecule has 0 aromatic heterocycles. The van der Waals surface area contributed by atoms with E-state index in [4.69, 9.17) is 4.74 Å². The van der Waals surface area contributed by atoms with Gasteiger partial charge in [0.1, 0.15) is 0 Å². The third-order valence-corrected chi connectivity index (χ3v) is 1.63. The summed E-state index contributed by atoms with van der Waals surface area (Å²) in [6.07, 6.45) is 0.286. The Morgan fingerprint density at radius 1 is 1.67 bits per heavy atom. The molecule has 1 rings (SSSR count). The summed E-state index contributed by atoms with van der Waals surface area (Å²) in [5.74, 6) is 0.142. The molecule has 0 radical (unpaired) electrons. The van der Waals surface area contributed by atoms with Crippen LogP contribution in [-0.4, -0.2) is 37.1 Å². The van der Waals surface area contributed by atoms with Crippen LogP contribution in [0.3, 0.4) is 0 Å². The fourth-order valence-corrected chi connectivity index (χ4v) is 0.844. The van der Waals surface area contributed by atoms with E-state index in [0.29, 0.717) is 0 Å². The minimum Gasteiger partial charge on any atom is -0.378 e. The van der Waals surface area contributed by atoms with Gasteiger partial charge in [-0.2, -0.15) is 0 Å². The smallest absolute Gasteiger partial charge is 0.219 e. The first-order valence-electron chi connectivity index (χ1n) is 3.02. The van der Waals surface area contributed by atoms with Crippen LogP contribution in [0.2, 0.25) is 0 Å². The lowest BCUT2D eigenvalue weighted by Gasteiger charge is -2.37. The second-order valence-electron chi connectivity index (χ2n) is 2.28. The largest absolute Gasteiger partial charge is 0.378 e. The van der Waals surface area contributed by atoms with Gasteiger partial charge in [-0.1, -0.05) is 0 Å². The van der Waals surface area contributed by atoms with E-state index in [1.165, 1.54) is 0 Å². The van der Waals surface area contributed by atoms with Gasteiger partial charge in [-0.05, 0) is 0 Å². The normalized spacial score (nSPS) is 19.6. The van der Waals surface area contributed by atoms with E-state index in [-0.39, 0.29) is 12.0 Å². The molecule has 1 saturated heterocycles. The standard InChI is InChI=1S/C6H11NO2/c1-5(8)7-3-6(4-7)9-2/h6H,3-4H2,1-2H3. The Morgan fingerprint density at radius 2 is 2.22 bits per heavy atom. The molecule has 1 heterocycles. The monoisotopic (exact) mass is 129 g/mol. The summed E-state index contributed by atoms with van der Waals surface area (Å²) in [4.78, 5) is 12.3. The molecule has 3 heteroatoms. The quantitative estimate of drug-likeness (QED) is 0.493. The maximum atomic E-state index is 10.6. The van der Waals surface area contributed by atoms with E-state index in [0.717, 1.165) is 13.1 Å². The van der Waals surface area contributed by atoms with Crippen LogP contribution in [0.15, 0.2) is 0 Å². The number of amides is 1. The van der Waals surface area contributed by atoms with Crippen LogP contribution in [0.4, 0.5) is 0 Å². The summed E-state index contributed by atoms with van der Waals surface area (Å²) in [6, 6.07) is 0. The first-order valence-corrected chi connectivity index (χ1v) is 3.02. The number of rotatable bonds is 1. The van der Waals surface area contributed by atoms with Crippen molar-refractivity contribution in [3.63, 3.8) is 0 Å². The molecule has 0 unspecified atom stereocenters. The Morgan fingerprint density at radius 3 is 2.56 bits per heavy atom. The number of methoxy groups -OCH3 is 1. The van der Waals surface area contributed by atoms with Crippen LogP contribution in [-0.2, 0) is 9.53 Å². The average Bonchev–Trinajstić information content (AvgIpc) is 1.61. The summed E-state index contributed by atoms with van der Waals surface area (Å²) >= 11 is 0. The van der Waals surface area contributed by atoms with Crippen LogP contribution in [0, 0.1) is 0 Å². The van der Waals surface area contributed by atoms with E-state index < -0.39 is 0 Å². The zero-order valence-corrected chi connectivity index (χ0v) is 5.76. The molecule has 9 heavy (non-hydrogen) atoms. The molecule has 0 aliphatic carbocycles. The van der Waals surface area contributed by atoms with Crippen molar-refractivity contribution in [2.45, 2.75) is 13.0 Å². The van der Waals surface area contributed by atoms with Gasteiger partial charge in [0.05, 0.1) is 6.10 Å². The first kappa shape index (κ1) is 6.55. The van der Waals surface area contributed by atoms with Crippen molar-refractivity contribution < 1.29 is 9.53 Å². The molecule has 0 bridgehead atoms. The van der Waals surface area contributed by atoms with Crippen molar-refractivity contribution in [2.24, 2.45) is 0 Å². The lowest BCUT2D eigenvalue weighted by atomic mass is 10.2. The van der Waals surface area contributed by atoms with Crippen molar-refractivity contribution in [1.29, 1.82) is 0 Å². The van der Waals surface area contributed by atoms with Crippen LogP contribution < -0.4 is 0 Å². The average molecular weight is 129 g/mol. The molecule has 1 aliphatic heterocycles. The van der Waals surface area contributed by atoms with Gasteiger partial charge in [-0.25, -0.2) is 0 Å². The zero-order chi connectivity index (χ0) is 6.85. The van der Waals surface area contributed by atoms with Gasteiger partial charge in [0, 0.05) is 27.1 Å². The number of ether oxygens (including phenoxy) is 1. The number of carbonyl (C=O) groups excluding carboxylic acids is 1. The molecule has 52 valence electrons. The summed E-state index contributed by atoms with van der Waals surface area (Å²) in [5, 5.41) is 0. The van der Waals surface area contributed by atoms with Gasteiger partial charge < -0.3 is 9.64 Å². The predicted octanol–water partition coefficient (Wildman–Crippen LogP) is -0.137. The van der Waals surface area contributed by atoms with E-state index >= 15 is 0 Å². The molecular formula is C6H11NO2. The van der Waals surface area contributed by atoms with Crippen molar-refractivity contribution in [3.8, 4) is 0 Å². The molecule has 0 saturated carbocycles. The van der Waals surface area contributed by atoms with Crippen molar-refractivity contribution in [2.75, 3.05) is 20.2 Å². The third-order valence-electron chi connectivity index (χ3n) is 1.63. The van der Waals surface area contributed by atoms with Gasteiger partial charge in [0.2, 0.25) is 5.91 Å². The second-order valence-corrected chi connectivity index (χ2v) is 2.28. The summed E-state index contributed by atoms with van der Waals surface area (Å²) in [7, 11) is 1.67. The molecule has 1 aliphatic rings. The summed E-state index contributed by atoms with van der Waals surface area (Å²) < 4.78 is 4.97. The van der Waals surface area contributed by atoms with Crippen LogP contribution in [0.5, 0.6) is 0 Å². The number of carbonyl (C=O) groups is 1. The van der Waals surface area contributed by atoms with Crippen LogP contribution in [0.25, 0.3) is 0 Å². The fraction of sp³-hybridized carbons (Fsp3) is 0.833. The van der Waals surface area contributed by atoms with Gasteiger partial charge in [0.25, 0.3) is 0 Å². The summed E-state index contributed by atoms with van der Waals surface area (Å²) in [5.41, 5.74) is 0. The highest BCUT2D eigenvalue weighted by molar-refractivity contribution is 5.74. The Labute approximate surface area is 54.6 Å². The molecule has 0 aromatic rings. The SMILES string of the molecule is COC1CN(C(C)=O)C1. The predicted molar refractivity (Wildman–Crippen MR) is 33.1 cm³/mol. The number of hydrogen-bond donors (Lipinski definition) is 0. The molecule has 0 spiro atoms. The lowest BCUT2D eigenvalue weighted by Crippen LogP contribution is -2.53. The van der Waals surface area contributed by atoms with Gasteiger partial charge >= 0.3 is 0 Å². The van der Waals surface area contributed by atoms with Crippen LogP contribution >= 0.6 is 0 Å². The molecule has 0 N–H and O–H groups in total. The van der Waals surface area contributed by atoms with E-state index in [1.54, 1.807) is 18.9 Å². The Bertz CT molecular complexity index is 118. The van der Waals surface area contributed by atoms with Gasteiger partial charge in [-0.3, -0.25) is 4.79 Å². The number of nitrogens with zero attached hydrogens (tertiary/aromatic N) is 1.